The molecule has 0 unspecified atom stereocenters. The Morgan fingerprint density at radius 1 is 0.343 bits per heavy atom. The lowest BCUT2D eigenvalue weighted by molar-refractivity contribution is -0.119. The average molecular weight is 455 g/mol. The maximum absolute atomic E-state index is 15.6. The first kappa shape index (κ1) is 22.8. The van der Waals surface area contributed by atoms with Crippen molar-refractivity contribution in [3.63, 3.8) is 0 Å². The first-order chi connectivity index (χ1) is 17.1. The Kier molecular flexibility index (Phi) is 6.33. The quantitative estimate of drug-likeness (QED) is 0.244. The Hall–Kier alpha value is -3.98. The van der Waals surface area contributed by atoms with Gasteiger partial charge in [-0.05, 0) is 27.8 Å². The van der Waals surface area contributed by atoms with Gasteiger partial charge in [0, 0.05) is 0 Å². The molecule has 35 heavy (non-hydrogen) atoms. The van der Waals surface area contributed by atoms with Crippen LogP contribution in [-0.2, 0) is 21.4 Å². The molecule has 5 rings (SSSR count). The Labute approximate surface area is 206 Å². The van der Waals surface area contributed by atoms with Crippen LogP contribution in [0.4, 0.5) is 0 Å². The molecule has 0 aliphatic rings. The molecule has 0 aliphatic carbocycles. The van der Waals surface area contributed by atoms with Crippen LogP contribution < -0.4 is 0 Å². The second-order valence-electron chi connectivity index (χ2n) is 8.78. The van der Waals surface area contributed by atoms with Crippen LogP contribution in [0.1, 0.15) is 33.7 Å². The first-order valence-electron chi connectivity index (χ1n) is 11.8. The van der Waals surface area contributed by atoms with Gasteiger partial charge in [0.05, 0.1) is 5.92 Å². The lowest BCUT2D eigenvalue weighted by Crippen LogP contribution is -2.46. The highest BCUT2D eigenvalue weighted by molar-refractivity contribution is 5.50. The minimum atomic E-state index is -1.86. The molecule has 2 heteroatoms. The SMILES string of the molecule is [O]C(c1ccccc1)(c1ccccc1)C(c1ccccc1)C([O])(c1ccccc1)c1ccccc1. The highest BCUT2D eigenvalue weighted by Crippen LogP contribution is 2.55. The average Bonchev–Trinajstić information content (AvgIpc) is 2.95. The number of hydrogen-bond acceptors (Lipinski definition) is 0. The molecule has 2 nitrogen and oxygen atoms in total. The molecule has 0 amide bonds. The summed E-state index contributed by atoms with van der Waals surface area (Å²) in [5.74, 6) is -0.995. The van der Waals surface area contributed by atoms with E-state index in [2.05, 4.69) is 0 Å². The summed E-state index contributed by atoms with van der Waals surface area (Å²) in [5.41, 5.74) is -0.772. The molecule has 5 aromatic rings. The second-order valence-corrected chi connectivity index (χ2v) is 8.78. The van der Waals surface area contributed by atoms with Crippen LogP contribution in [0.5, 0.6) is 0 Å². The van der Waals surface area contributed by atoms with Gasteiger partial charge in [-0.2, -0.15) is 0 Å². The second kappa shape index (κ2) is 9.71. The van der Waals surface area contributed by atoms with E-state index in [-0.39, 0.29) is 0 Å². The van der Waals surface area contributed by atoms with E-state index < -0.39 is 17.1 Å². The summed E-state index contributed by atoms with van der Waals surface area (Å²) in [6, 6.07) is 46.7. The third-order valence-electron chi connectivity index (χ3n) is 6.76. The molecular weight excluding hydrogens is 428 g/mol. The normalized spacial score (nSPS) is 12.0. The molecule has 170 valence electrons. The third kappa shape index (κ3) is 4.08. The Morgan fingerprint density at radius 3 is 0.829 bits per heavy atom. The Balaban J connectivity index is 1.90. The monoisotopic (exact) mass is 454 g/mol. The van der Waals surface area contributed by atoms with E-state index in [1.807, 2.05) is 152 Å². The maximum Gasteiger partial charge on any atom is 0.164 e. The van der Waals surface area contributed by atoms with E-state index in [9.17, 15) is 0 Å². The summed E-state index contributed by atoms with van der Waals surface area (Å²) in [7, 11) is 0. The number of rotatable bonds is 7. The van der Waals surface area contributed by atoms with Crippen molar-refractivity contribution >= 4 is 0 Å². The van der Waals surface area contributed by atoms with E-state index in [0.29, 0.717) is 27.8 Å². The van der Waals surface area contributed by atoms with Gasteiger partial charge >= 0.3 is 0 Å². The van der Waals surface area contributed by atoms with Gasteiger partial charge in [0.15, 0.2) is 11.2 Å². The molecule has 0 fully saturated rings. The summed E-state index contributed by atoms with van der Waals surface area (Å²) in [5, 5.41) is 31.2. The molecule has 2 radical (unpaired) electrons. The van der Waals surface area contributed by atoms with Crippen molar-refractivity contribution in [2.45, 2.75) is 17.1 Å². The highest BCUT2D eigenvalue weighted by atomic mass is 16.3. The molecule has 0 saturated heterocycles. The smallest absolute Gasteiger partial charge is 0.164 e. The molecular formula is C33H26O2. The van der Waals surface area contributed by atoms with E-state index in [4.69, 9.17) is 0 Å². The molecule has 0 heterocycles. The highest BCUT2D eigenvalue weighted by Gasteiger charge is 2.56. The largest absolute Gasteiger partial charge is 0.218 e. The van der Waals surface area contributed by atoms with Gasteiger partial charge in [0.2, 0.25) is 0 Å². The van der Waals surface area contributed by atoms with Crippen LogP contribution in [0, 0.1) is 0 Å². The van der Waals surface area contributed by atoms with E-state index in [1.54, 1.807) is 0 Å². The summed E-state index contributed by atoms with van der Waals surface area (Å²) in [6.07, 6.45) is 0. The minimum absolute atomic E-state index is 0.562. The molecule has 0 saturated carbocycles. The molecule has 0 aromatic heterocycles. The van der Waals surface area contributed by atoms with E-state index in [0.717, 1.165) is 0 Å². The zero-order chi connectivity index (χ0) is 24.1. The van der Waals surface area contributed by atoms with E-state index >= 15 is 10.2 Å². The van der Waals surface area contributed by atoms with Gasteiger partial charge in [-0.15, -0.1) is 0 Å². The lowest BCUT2D eigenvalue weighted by Gasteiger charge is -2.44. The summed E-state index contributed by atoms with van der Waals surface area (Å²) in [6.45, 7) is 0. The van der Waals surface area contributed by atoms with Gasteiger partial charge in [0.25, 0.3) is 0 Å². The Bertz CT molecular complexity index is 1170. The van der Waals surface area contributed by atoms with Crippen molar-refractivity contribution in [1.29, 1.82) is 0 Å². The van der Waals surface area contributed by atoms with Crippen LogP contribution in [0.2, 0.25) is 0 Å². The molecule has 0 aliphatic heterocycles. The molecule has 0 spiro atoms. The van der Waals surface area contributed by atoms with Crippen molar-refractivity contribution in [3.05, 3.63) is 179 Å². The first-order valence-corrected chi connectivity index (χ1v) is 11.8. The van der Waals surface area contributed by atoms with Crippen LogP contribution in [0.25, 0.3) is 0 Å². The van der Waals surface area contributed by atoms with Crippen molar-refractivity contribution in [1.82, 2.24) is 0 Å². The minimum Gasteiger partial charge on any atom is -0.218 e. The van der Waals surface area contributed by atoms with Gasteiger partial charge in [0.1, 0.15) is 0 Å². The summed E-state index contributed by atoms with van der Waals surface area (Å²) < 4.78 is 0. The fourth-order valence-corrected chi connectivity index (χ4v) is 5.14. The fraction of sp³-hybridized carbons (Fsp3) is 0.0909. The third-order valence-corrected chi connectivity index (χ3v) is 6.76. The predicted octanol–water partition coefficient (Wildman–Crippen LogP) is 7.52. The van der Waals surface area contributed by atoms with E-state index in [1.165, 1.54) is 0 Å². The van der Waals surface area contributed by atoms with Gasteiger partial charge in [-0.1, -0.05) is 152 Å². The lowest BCUT2D eigenvalue weighted by atomic mass is 9.61. The van der Waals surface area contributed by atoms with Crippen molar-refractivity contribution < 1.29 is 10.2 Å². The topological polar surface area (TPSA) is 39.8 Å². The van der Waals surface area contributed by atoms with Crippen LogP contribution in [-0.4, -0.2) is 0 Å². The number of benzene rings is 5. The zero-order valence-electron chi connectivity index (χ0n) is 19.3. The van der Waals surface area contributed by atoms with Crippen molar-refractivity contribution in [2.75, 3.05) is 0 Å². The van der Waals surface area contributed by atoms with Gasteiger partial charge in [-0.25, -0.2) is 10.2 Å². The number of hydrogen-bond donors (Lipinski definition) is 0. The summed E-state index contributed by atoms with van der Waals surface area (Å²) in [4.78, 5) is 0. The van der Waals surface area contributed by atoms with Crippen LogP contribution in [0.15, 0.2) is 152 Å². The zero-order valence-corrected chi connectivity index (χ0v) is 19.3. The van der Waals surface area contributed by atoms with Crippen LogP contribution in [0.3, 0.4) is 0 Å². The Morgan fingerprint density at radius 2 is 0.571 bits per heavy atom. The molecule has 0 N–H and O–H groups in total. The fourth-order valence-electron chi connectivity index (χ4n) is 5.14. The molecule has 0 atom stereocenters. The molecule has 0 bridgehead atoms. The standard InChI is InChI=1S/C33H26O2/c34-32(27-18-8-2-9-19-27,28-20-10-3-11-21-28)31(26-16-6-1-7-17-26)33(35,29-22-12-4-13-23-29)30-24-14-5-15-25-30/h1-25,31H. The van der Waals surface area contributed by atoms with Crippen LogP contribution >= 0.6 is 0 Å². The van der Waals surface area contributed by atoms with Gasteiger partial charge in [-0.3, -0.25) is 0 Å². The summed E-state index contributed by atoms with van der Waals surface area (Å²) >= 11 is 0. The van der Waals surface area contributed by atoms with Crippen molar-refractivity contribution in [2.24, 2.45) is 0 Å². The maximum atomic E-state index is 15.6. The van der Waals surface area contributed by atoms with Gasteiger partial charge < -0.3 is 0 Å². The predicted molar refractivity (Wildman–Crippen MR) is 138 cm³/mol. The molecule has 5 aromatic carbocycles. The van der Waals surface area contributed by atoms with Crippen molar-refractivity contribution in [3.8, 4) is 0 Å².